The van der Waals surface area contributed by atoms with E-state index in [9.17, 15) is 4.79 Å². The van der Waals surface area contributed by atoms with Crippen LogP contribution in [-0.2, 0) is 16.1 Å². The molecular formula is C18H15BrN2O4. The molecule has 0 fully saturated rings. The quantitative estimate of drug-likeness (QED) is 0.581. The second-order valence-electron chi connectivity index (χ2n) is 5.20. The third-order valence-corrected chi connectivity index (χ3v) is 4.06. The topological polar surface area (TPSA) is 74.5 Å². The van der Waals surface area contributed by atoms with Crippen LogP contribution >= 0.6 is 15.9 Å². The maximum atomic E-state index is 11.8. The predicted molar refractivity (Wildman–Crippen MR) is 93.9 cm³/mol. The molecule has 0 atom stereocenters. The summed E-state index contributed by atoms with van der Waals surface area (Å²) in [5.74, 6) is 0.710. The highest BCUT2D eigenvalue weighted by atomic mass is 79.9. The van der Waals surface area contributed by atoms with Gasteiger partial charge in [-0.2, -0.15) is 0 Å². The van der Waals surface area contributed by atoms with Gasteiger partial charge in [-0.1, -0.05) is 30.3 Å². The van der Waals surface area contributed by atoms with Gasteiger partial charge in [0, 0.05) is 4.47 Å². The Bertz CT molecular complexity index is 879. The molecule has 6 nitrogen and oxygen atoms in total. The number of rotatable bonds is 6. The average Bonchev–Trinajstić information content (AvgIpc) is 3.08. The second kappa shape index (κ2) is 7.94. The van der Waals surface area contributed by atoms with Gasteiger partial charge in [0.2, 0.25) is 5.89 Å². The van der Waals surface area contributed by atoms with Crippen molar-refractivity contribution in [2.75, 3.05) is 6.61 Å². The molecule has 0 aliphatic rings. The van der Waals surface area contributed by atoms with Crippen LogP contribution in [0.4, 0.5) is 0 Å². The average molecular weight is 403 g/mol. The lowest BCUT2D eigenvalue weighted by atomic mass is 10.2. The number of benzene rings is 2. The van der Waals surface area contributed by atoms with Crippen molar-refractivity contribution in [3.8, 4) is 17.2 Å². The van der Waals surface area contributed by atoms with Crippen molar-refractivity contribution >= 4 is 21.9 Å². The first-order valence-electron chi connectivity index (χ1n) is 7.55. The van der Waals surface area contributed by atoms with Crippen molar-refractivity contribution in [1.82, 2.24) is 10.2 Å². The first-order chi connectivity index (χ1) is 12.1. The minimum atomic E-state index is -0.510. The number of hydrogen-bond donors (Lipinski definition) is 0. The lowest BCUT2D eigenvalue weighted by Gasteiger charge is -2.07. The van der Waals surface area contributed by atoms with Gasteiger partial charge in [0.1, 0.15) is 5.75 Å². The highest BCUT2D eigenvalue weighted by Gasteiger charge is 2.13. The van der Waals surface area contributed by atoms with Crippen LogP contribution in [-0.4, -0.2) is 22.8 Å². The van der Waals surface area contributed by atoms with Gasteiger partial charge < -0.3 is 13.9 Å². The monoisotopic (exact) mass is 402 g/mol. The van der Waals surface area contributed by atoms with Crippen molar-refractivity contribution in [3.63, 3.8) is 0 Å². The SMILES string of the molecule is Cc1ccccc1OCC(=O)OCc1nnc(-c2ccccc2Br)o1. The van der Waals surface area contributed by atoms with Crippen LogP contribution in [0.3, 0.4) is 0 Å². The summed E-state index contributed by atoms with van der Waals surface area (Å²) in [4.78, 5) is 11.8. The predicted octanol–water partition coefficient (Wildman–Crippen LogP) is 3.93. The van der Waals surface area contributed by atoms with Gasteiger partial charge in [-0.25, -0.2) is 4.79 Å². The summed E-state index contributed by atoms with van der Waals surface area (Å²) in [6.45, 7) is 1.62. The first kappa shape index (κ1) is 17.2. The number of carbonyl (C=O) groups excluding carboxylic acids is 1. The lowest BCUT2D eigenvalue weighted by Crippen LogP contribution is -2.15. The van der Waals surface area contributed by atoms with Gasteiger partial charge >= 0.3 is 5.97 Å². The molecule has 128 valence electrons. The van der Waals surface area contributed by atoms with Crippen LogP contribution in [0.1, 0.15) is 11.5 Å². The van der Waals surface area contributed by atoms with Gasteiger partial charge in [-0.3, -0.25) is 0 Å². The Labute approximate surface area is 152 Å². The number of nitrogens with zero attached hydrogens (tertiary/aromatic N) is 2. The molecule has 1 aromatic heterocycles. The van der Waals surface area contributed by atoms with Crippen LogP contribution in [0.25, 0.3) is 11.5 Å². The van der Waals surface area contributed by atoms with Crippen molar-refractivity contribution in [2.45, 2.75) is 13.5 Å². The summed E-state index contributed by atoms with van der Waals surface area (Å²) in [5, 5.41) is 7.84. The molecule has 2 aromatic carbocycles. The summed E-state index contributed by atoms with van der Waals surface area (Å²) < 4.78 is 16.9. The summed E-state index contributed by atoms with van der Waals surface area (Å²) in [5.41, 5.74) is 1.72. The normalized spacial score (nSPS) is 10.5. The van der Waals surface area contributed by atoms with E-state index in [-0.39, 0.29) is 19.1 Å². The van der Waals surface area contributed by atoms with E-state index in [1.165, 1.54) is 0 Å². The molecular weight excluding hydrogens is 388 g/mol. The Kier molecular flexibility index (Phi) is 5.45. The third kappa shape index (κ3) is 4.45. The second-order valence-corrected chi connectivity index (χ2v) is 6.05. The summed E-state index contributed by atoms with van der Waals surface area (Å²) in [6.07, 6.45) is 0. The fourth-order valence-corrected chi connectivity index (χ4v) is 2.55. The van der Waals surface area contributed by atoms with E-state index >= 15 is 0 Å². The number of aromatic nitrogens is 2. The van der Waals surface area contributed by atoms with E-state index in [0.717, 1.165) is 15.6 Å². The van der Waals surface area contributed by atoms with Gasteiger partial charge in [0.05, 0.1) is 5.56 Å². The van der Waals surface area contributed by atoms with Crippen LogP contribution in [0.5, 0.6) is 5.75 Å². The van der Waals surface area contributed by atoms with E-state index in [0.29, 0.717) is 11.6 Å². The molecule has 0 N–H and O–H groups in total. The zero-order chi connectivity index (χ0) is 17.6. The van der Waals surface area contributed by atoms with E-state index in [4.69, 9.17) is 13.9 Å². The lowest BCUT2D eigenvalue weighted by molar-refractivity contribution is -0.148. The molecule has 0 aliphatic carbocycles. The Morgan fingerprint density at radius 3 is 2.68 bits per heavy atom. The molecule has 7 heteroatoms. The largest absolute Gasteiger partial charge is 0.482 e. The van der Waals surface area contributed by atoms with E-state index in [1.54, 1.807) is 6.07 Å². The summed E-state index contributed by atoms with van der Waals surface area (Å²) >= 11 is 3.42. The highest BCUT2D eigenvalue weighted by Crippen LogP contribution is 2.26. The fourth-order valence-electron chi connectivity index (χ4n) is 2.09. The molecule has 0 spiro atoms. The molecule has 0 bridgehead atoms. The molecule has 3 aromatic rings. The van der Waals surface area contributed by atoms with Crippen LogP contribution in [0.15, 0.2) is 57.4 Å². The molecule has 0 radical (unpaired) electrons. The Morgan fingerprint density at radius 2 is 1.88 bits per heavy atom. The van der Waals surface area contributed by atoms with Crippen molar-refractivity contribution in [1.29, 1.82) is 0 Å². The van der Waals surface area contributed by atoms with Gasteiger partial charge in [-0.05, 0) is 46.6 Å². The van der Waals surface area contributed by atoms with Crippen molar-refractivity contribution in [3.05, 3.63) is 64.5 Å². The summed E-state index contributed by atoms with van der Waals surface area (Å²) in [7, 11) is 0. The standard InChI is InChI=1S/C18H15BrN2O4/c1-12-6-2-5-9-15(12)23-11-17(22)24-10-16-20-21-18(25-16)13-7-3-4-8-14(13)19/h2-9H,10-11H2,1H3. The van der Waals surface area contributed by atoms with Crippen LogP contribution < -0.4 is 4.74 Å². The summed E-state index contributed by atoms with van der Waals surface area (Å²) in [6, 6.07) is 14.9. The number of para-hydroxylation sites is 1. The Hall–Kier alpha value is -2.67. The molecule has 1 heterocycles. The number of aryl methyl sites for hydroxylation is 1. The fraction of sp³-hybridized carbons (Fsp3) is 0.167. The molecule has 0 amide bonds. The molecule has 3 rings (SSSR count). The van der Waals surface area contributed by atoms with E-state index in [1.807, 2.05) is 49.4 Å². The molecule has 25 heavy (non-hydrogen) atoms. The number of ether oxygens (including phenoxy) is 2. The minimum Gasteiger partial charge on any atom is -0.482 e. The Morgan fingerprint density at radius 1 is 1.12 bits per heavy atom. The molecule has 0 saturated carbocycles. The number of halogens is 1. The number of carbonyl (C=O) groups is 1. The van der Waals surface area contributed by atoms with Gasteiger partial charge in [-0.15, -0.1) is 10.2 Å². The van der Waals surface area contributed by atoms with Crippen LogP contribution in [0.2, 0.25) is 0 Å². The zero-order valence-electron chi connectivity index (χ0n) is 13.4. The maximum Gasteiger partial charge on any atom is 0.344 e. The van der Waals surface area contributed by atoms with Gasteiger partial charge in [0.25, 0.3) is 5.89 Å². The van der Waals surface area contributed by atoms with Gasteiger partial charge in [0.15, 0.2) is 13.2 Å². The van der Waals surface area contributed by atoms with E-state index in [2.05, 4.69) is 26.1 Å². The molecule has 0 aliphatic heterocycles. The van der Waals surface area contributed by atoms with Crippen molar-refractivity contribution in [2.24, 2.45) is 0 Å². The molecule has 0 saturated heterocycles. The minimum absolute atomic E-state index is 0.104. The third-order valence-electron chi connectivity index (χ3n) is 3.37. The Balaban J connectivity index is 1.53. The highest BCUT2D eigenvalue weighted by molar-refractivity contribution is 9.10. The number of hydrogen-bond acceptors (Lipinski definition) is 6. The van der Waals surface area contributed by atoms with Crippen LogP contribution in [0, 0.1) is 6.92 Å². The number of esters is 1. The van der Waals surface area contributed by atoms with E-state index < -0.39 is 5.97 Å². The molecule has 0 unspecified atom stereocenters. The van der Waals surface area contributed by atoms with Crippen molar-refractivity contribution < 1.29 is 18.7 Å². The maximum absolute atomic E-state index is 11.8. The zero-order valence-corrected chi connectivity index (χ0v) is 15.0. The smallest absolute Gasteiger partial charge is 0.344 e. The first-order valence-corrected chi connectivity index (χ1v) is 8.34.